The van der Waals surface area contributed by atoms with Gasteiger partial charge in [-0.1, -0.05) is 0 Å². The molecule has 0 radical (unpaired) electrons. The molecule has 0 spiro atoms. The molecular weight excluding hydrogens is 206 g/mol. The zero-order valence-electron chi connectivity index (χ0n) is 9.22. The molecule has 1 aliphatic rings. The first-order valence-corrected chi connectivity index (χ1v) is 5.37. The van der Waals surface area contributed by atoms with Crippen molar-refractivity contribution in [3.8, 4) is 0 Å². The summed E-state index contributed by atoms with van der Waals surface area (Å²) in [6.45, 7) is 1.97. The highest BCUT2D eigenvalue weighted by molar-refractivity contribution is 5.51. The van der Waals surface area contributed by atoms with Crippen LogP contribution in [0.5, 0.6) is 0 Å². The molecule has 0 amide bonds. The maximum absolute atomic E-state index is 10.5. The van der Waals surface area contributed by atoms with E-state index in [1.54, 1.807) is 12.1 Å². The summed E-state index contributed by atoms with van der Waals surface area (Å²) in [5.41, 5.74) is 1.21. The molecular formula is C11H15N3O2. The Labute approximate surface area is 94.2 Å². The summed E-state index contributed by atoms with van der Waals surface area (Å²) in [5.74, 6) is 0. The van der Waals surface area contributed by atoms with Gasteiger partial charge in [-0.05, 0) is 25.6 Å². The highest BCUT2D eigenvalue weighted by atomic mass is 16.6. The molecule has 1 atom stereocenters. The number of likely N-dealkylation sites (N-methyl/N-ethyl adjacent to an activating group) is 1. The predicted octanol–water partition coefficient (Wildman–Crippen LogP) is 1.39. The van der Waals surface area contributed by atoms with E-state index in [0.717, 1.165) is 25.2 Å². The first-order valence-electron chi connectivity index (χ1n) is 5.37. The number of nitro groups is 1. The third kappa shape index (κ3) is 2.14. The smallest absolute Gasteiger partial charge is 0.269 e. The maximum Gasteiger partial charge on any atom is 0.269 e. The molecule has 0 aromatic heterocycles. The third-order valence-corrected chi connectivity index (χ3v) is 3.02. The Morgan fingerprint density at radius 3 is 2.62 bits per heavy atom. The van der Waals surface area contributed by atoms with Crippen LogP contribution < -0.4 is 10.2 Å². The maximum atomic E-state index is 10.5. The lowest BCUT2D eigenvalue weighted by atomic mass is 10.2. The Morgan fingerprint density at radius 2 is 2.12 bits per heavy atom. The Bertz CT molecular complexity index is 377. The van der Waals surface area contributed by atoms with E-state index in [4.69, 9.17) is 0 Å². The van der Waals surface area contributed by atoms with Gasteiger partial charge in [0, 0.05) is 37.0 Å². The van der Waals surface area contributed by atoms with Gasteiger partial charge in [0.2, 0.25) is 0 Å². The van der Waals surface area contributed by atoms with E-state index in [2.05, 4.69) is 10.2 Å². The topological polar surface area (TPSA) is 58.4 Å². The number of non-ortho nitro benzene ring substituents is 1. The lowest BCUT2D eigenvalue weighted by Gasteiger charge is -2.18. The normalized spacial score (nSPS) is 20.1. The summed E-state index contributed by atoms with van der Waals surface area (Å²) >= 11 is 0. The van der Waals surface area contributed by atoms with Crippen molar-refractivity contribution < 1.29 is 4.92 Å². The molecule has 16 heavy (non-hydrogen) atoms. The van der Waals surface area contributed by atoms with Crippen molar-refractivity contribution in [2.75, 3.05) is 25.0 Å². The van der Waals surface area contributed by atoms with Crippen LogP contribution in [-0.2, 0) is 0 Å². The largest absolute Gasteiger partial charge is 0.370 e. The van der Waals surface area contributed by atoms with Gasteiger partial charge in [0.05, 0.1) is 4.92 Å². The van der Waals surface area contributed by atoms with Crippen LogP contribution in [0.4, 0.5) is 11.4 Å². The fraction of sp³-hybridized carbons (Fsp3) is 0.455. The van der Waals surface area contributed by atoms with Crippen molar-refractivity contribution in [2.45, 2.75) is 12.5 Å². The Balaban J connectivity index is 2.08. The monoisotopic (exact) mass is 221 g/mol. The number of nitro benzene ring substituents is 1. The van der Waals surface area contributed by atoms with Crippen LogP contribution in [0, 0.1) is 10.1 Å². The predicted molar refractivity (Wildman–Crippen MR) is 62.8 cm³/mol. The van der Waals surface area contributed by atoms with Crippen LogP contribution in [0.2, 0.25) is 0 Å². The second-order valence-electron chi connectivity index (χ2n) is 3.99. The van der Waals surface area contributed by atoms with Gasteiger partial charge < -0.3 is 10.2 Å². The summed E-state index contributed by atoms with van der Waals surface area (Å²) in [5, 5.41) is 13.8. The summed E-state index contributed by atoms with van der Waals surface area (Å²) in [4.78, 5) is 12.4. The standard InChI is InChI=1S/C11H15N3O2/c1-12-9-6-7-13(8-9)10-2-4-11(5-3-10)14(15)16/h2-5,9,12H,6-8H2,1H3/t9-/m1/s1. The van der Waals surface area contributed by atoms with Crippen LogP contribution in [-0.4, -0.2) is 31.1 Å². The van der Waals surface area contributed by atoms with E-state index in [0.29, 0.717) is 6.04 Å². The van der Waals surface area contributed by atoms with Gasteiger partial charge in [-0.25, -0.2) is 0 Å². The van der Waals surface area contributed by atoms with E-state index in [1.807, 2.05) is 19.2 Å². The fourth-order valence-electron chi connectivity index (χ4n) is 2.02. The summed E-state index contributed by atoms with van der Waals surface area (Å²) in [6, 6.07) is 7.27. The van der Waals surface area contributed by atoms with Gasteiger partial charge in [0.15, 0.2) is 0 Å². The van der Waals surface area contributed by atoms with Crippen LogP contribution in [0.15, 0.2) is 24.3 Å². The van der Waals surface area contributed by atoms with Crippen molar-refractivity contribution >= 4 is 11.4 Å². The van der Waals surface area contributed by atoms with Gasteiger partial charge in [-0.15, -0.1) is 0 Å². The van der Waals surface area contributed by atoms with Gasteiger partial charge in [0.1, 0.15) is 0 Å². The minimum Gasteiger partial charge on any atom is -0.370 e. The third-order valence-electron chi connectivity index (χ3n) is 3.02. The molecule has 86 valence electrons. The summed E-state index contributed by atoms with van der Waals surface area (Å²) in [6.07, 6.45) is 1.12. The van der Waals surface area contributed by atoms with Crippen LogP contribution in [0.1, 0.15) is 6.42 Å². The molecule has 0 unspecified atom stereocenters. The highest BCUT2D eigenvalue weighted by Crippen LogP contribution is 2.22. The Kier molecular flexibility index (Phi) is 3.05. The van der Waals surface area contributed by atoms with Gasteiger partial charge in [-0.3, -0.25) is 10.1 Å². The lowest BCUT2D eigenvalue weighted by Crippen LogP contribution is -2.29. The molecule has 0 aliphatic carbocycles. The fourth-order valence-corrected chi connectivity index (χ4v) is 2.02. The summed E-state index contributed by atoms with van der Waals surface area (Å²) in [7, 11) is 1.96. The number of hydrogen-bond acceptors (Lipinski definition) is 4. The zero-order valence-corrected chi connectivity index (χ0v) is 9.22. The molecule has 0 bridgehead atoms. The summed E-state index contributed by atoms with van der Waals surface area (Å²) < 4.78 is 0. The van der Waals surface area contributed by atoms with E-state index in [9.17, 15) is 10.1 Å². The molecule has 0 saturated carbocycles. The van der Waals surface area contributed by atoms with E-state index >= 15 is 0 Å². The highest BCUT2D eigenvalue weighted by Gasteiger charge is 2.21. The molecule has 1 aromatic carbocycles. The number of nitrogens with one attached hydrogen (secondary N) is 1. The van der Waals surface area contributed by atoms with Gasteiger partial charge >= 0.3 is 0 Å². The molecule has 1 saturated heterocycles. The van der Waals surface area contributed by atoms with E-state index in [1.165, 1.54) is 0 Å². The molecule has 1 aromatic rings. The lowest BCUT2D eigenvalue weighted by molar-refractivity contribution is -0.384. The average Bonchev–Trinajstić information content (AvgIpc) is 2.77. The number of anilines is 1. The number of rotatable bonds is 3. The second kappa shape index (κ2) is 4.49. The Morgan fingerprint density at radius 1 is 1.44 bits per heavy atom. The SMILES string of the molecule is CN[C@@H]1CCN(c2ccc([N+](=O)[O-])cc2)C1. The molecule has 5 heteroatoms. The van der Waals surface area contributed by atoms with Crippen molar-refractivity contribution in [3.05, 3.63) is 34.4 Å². The number of hydrogen-bond donors (Lipinski definition) is 1. The average molecular weight is 221 g/mol. The first kappa shape index (κ1) is 10.9. The van der Waals surface area contributed by atoms with Gasteiger partial charge in [-0.2, -0.15) is 0 Å². The number of benzene rings is 1. The molecule has 5 nitrogen and oxygen atoms in total. The van der Waals surface area contributed by atoms with Crippen molar-refractivity contribution in [1.82, 2.24) is 5.32 Å². The first-order chi connectivity index (χ1) is 7.70. The van der Waals surface area contributed by atoms with Gasteiger partial charge in [0.25, 0.3) is 5.69 Å². The second-order valence-corrected chi connectivity index (χ2v) is 3.99. The van der Waals surface area contributed by atoms with Crippen LogP contribution in [0.3, 0.4) is 0 Å². The van der Waals surface area contributed by atoms with Crippen LogP contribution >= 0.6 is 0 Å². The van der Waals surface area contributed by atoms with Crippen LogP contribution in [0.25, 0.3) is 0 Å². The molecule has 2 rings (SSSR count). The van der Waals surface area contributed by atoms with Crippen molar-refractivity contribution in [1.29, 1.82) is 0 Å². The quantitative estimate of drug-likeness (QED) is 0.619. The molecule has 1 N–H and O–H groups in total. The zero-order chi connectivity index (χ0) is 11.5. The van der Waals surface area contributed by atoms with Crippen molar-refractivity contribution in [3.63, 3.8) is 0 Å². The molecule has 1 aliphatic heterocycles. The molecule has 1 fully saturated rings. The van der Waals surface area contributed by atoms with E-state index < -0.39 is 0 Å². The van der Waals surface area contributed by atoms with E-state index in [-0.39, 0.29) is 10.6 Å². The number of nitrogens with zero attached hydrogens (tertiary/aromatic N) is 2. The molecule has 1 heterocycles. The Hall–Kier alpha value is -1.62. The minimum atomic E-state index is -0.371. The minimum absolute atomic E-state index is 0.146. The van der Waals surface area contributed by atoms with Crippen molar-refractivity contribution in [2.24, 2.45) is 0 Å².